The molecule has 3 amide bonds. The van der Waals surface area contributed by atoms with E-state index in [9.17, 15) is 27.6 Å². The highest BCUT2D eigenvalue weighted by molar-refractivity contribution is 14.0. The normalized spacial score (nSPS) is 23.9. The number of hydrogen-bond acceptors (Lipinski definition) is 11. The second kappa shape index (κ2) is 19.1. The second-order valence-corrected chi connectivity index (χ2v) is 20.6. The number of benzene rings is 1. The Bertz CT molecular complexity index is 2160. The highest BCUT2D eigenvalue weighted by Gasteiger charge is 2.63. The number of nitrogens with one attached hydrogen (secondary N) is 4. The maximum absolute atomic E-state index is 13.5. The molecule has 59 heavy (non-hydrogen) atoms. The summed E-state index contributed by atoms with van der Waals surface area (Å²) in [6.45, 7) is 9.86. The molecule has 4 N–H and O–H groups in total. The van der Waals surface area contributed by atoms with E-state index in [1.165, 1.54) is 16.2 Å². The largest absolute Gasteiger partial charge is 0.497 e. The third-order valence-electron chi connectivity index (χ3n) is 11.6. The molecule has 332 valence electrons. The van der Waals surface area contributed by atoms with Gasteiger partial charge in [0, 0.05) is 39.8 Å². The van der Waals surface area contributed by atoms with Crippen LogP contribution < -0.4 is 25.5 Å². The quantitative estimate of drug-likeness (QED) is 0.174. The van der Waals surface area contributed by atoms with Gasteiger partial charge in [-0.3, -0.25) is 24.0 Å². The van der Waals surface area contributed by atoms with Gasteiger partial charge in [0.05, 0.1) is 28.8 Å². The Kier molecular flexibility index (Phi) is 15.1. The van der Waals surface area contributed by atoms with E-state index in [2.05, 4.69) is 39.2 Å². The summed E-state index contributed by atoms with van der Waals surface area (Å²) in [6, 6.07) is 6.54. The number of methoxy groups -OCH3 is 1. The van der Waals surface area contributed by atoms with Gasteiger partial charge in [-0.1, -0.05) is 44.9 Å². The van der Waals surface area contributed by atoms with Crippen molar-refractivity contribution in [3.63, 3.8) is 0 Å². The molecule has 2 aliphatic carbocycles. The second-order valence-electron chi connectivity index (χ2n) is 17.6. The van der Waals surface area contributed by atoms with Crippen LogP contribution >= 0.6 is 35.3 Å². The maximum Gasteiger partial charge on any atom is 0.410 e. The third kappa shape index (κ3) is 11.3. The summed E-state index contributed by atoms with van der Waals surface area (Å²) in [5, 5.41) is 9.60. The van der Waals surface area contributed by atoms with Crippen LogP contribution in [0, 0.1) is 5.92 Å². The van der Waals surface area contributed by atoms with E-state index in [1.54, 1.807) is 46.1 Å². The van der Waals surface area contributed by atoms with Crippen LogP contribution in [0.3, 0.4) is 0 Å². The van der Waals surface area contributed by atoms with Crippen molar-refractivity contribution in [2.75, 3.05) is 19.0 Å². The molecule has 2 aliphatic heterocycles. The van der Waals surface area contributed by atoms with E-state index in [0.29, 0.717) is 67.9 Å². The molecule has 4 heterocycles. The summed E-state index contributed by atoms with van der Waals surface area (Å²) < 4.78 is 38.7. The van der Waals surface area contributed by atoms with Crippen molar-refractivity contribution in [2.45, 2.75) is 152 Å². The highest BCUT2D eigenvalue weighted by Crippen LogP contribution is 2.50. The average molecular weight is 975 g/mol. The average Bonchev–Trinajstić information content (AvgIpc) is 3.95. The molecule has 7 rings (SSSR count). The van der Waals surface area contributed by atoms with Crippen molar-refractivity contribution < 1.29 is 36.6 Å². The van der Waals surface area contributed by atoms with Gasteiger partial charge in [-0.25, -0.2) is 18.2 Å². The minimum absolute atomic E-state index is 0. The topological polar surface area (TPSA) is 189 Å². The first kappa shape index (κ1) is 46.6. The number of aromatic amines is 1. The zero-order valence-corrected chi connectivity index (χ0v) is 39.1. The first-order chi connectivity index (χ1) is 27.5. The number of fused-ring (bicyclic) bond motifs is 2. The van der Waals surface area contributed by atoms with Crippen molar-refractivity contribution in [1.29, 1.82) is 0 Å². The van der Waals surface area contributed by atoms with E-state index in [1.807, 2.05) is 11.4 Å². The van der Waals surface area contributed by atoms with E-state index in [0.717, 1.165) is 67.7 Å². The summed E-state index contributed by atoms with van der Waals surface area (Å²) >= 11 is 1.52. The number of carbonyl (C=O) groups is 3. The summed E-state index contributed by atoms with van der Waals surface area (Å²) in [7, 11) is -2.23. The summed E-state index contributed by atoms with van der Waals surface area (Å²) in [5.41, 5.74) is 0.264. The number of hydrogen-bond donors (Lipinski definition) is 4. The summed E-state index contributed by atoms with van der Waals surface area (Å²) in [4.78, 5) is 61.0. The molecule has 0 radical (unpaired) electrons. The minimum atomic E-state index is -3.84. The number of rotatable bonds is 6. The summed E-state index contributed by atoms with van der Waals surface area (Å²) in [5.74, 6) is -0.426. The van der Waals surface area contributed by atoms with Crippen LogP contribution in [0.4, 0.5) is 9.93 Å². The van der Waals surface area contributed by atoms with Crippen molar-refractivity contribution in [3.8, 4) is 17.1 Å². The number of amides is 3. The van der Waals surface area contributed by atoms with E-state index in [-0.39, 0.29) is 39.6 Å². The molecule has 2 saturated carbocycles. The number of likely N-dealkylation sites (tertiary alicyclic amines) is 1. The van der Waals surface area contributed by atoms with Gasteiger partial charge in [0.15, 0.2) is 10.6 Å². The van der Waals surface area contributed by atoms with Gasteiger partial charge < -0.3 is 25.1 Å². The predicted octanol–water partition coefficient (Wildman–Crippen LogP) is 8.60. The van der Waals surface area contributed by atoms with Gasteiger partial charge in [-0.2, -0.15) is 0 Å². The first-order valence-corrected chi connectivity index (χ1v) is 23.1. The highest BCUT2D eigenvalue weighted by atomic mass is 127. The number of aromatic nitrogens is 2. The van der Waals surface area contributed by atoms with Crippen molar-refractivity contribution in [2.24, 2.45) is 5.92 Å². The number of carbonyl (C=O) groups excluding carboxylic acids is 3. The molecule has 4 fully saturated rings. The fourth-order valence-electron chi connectivity index (χ4n) is 8.09. The molecule has 0 unspecified atom stereocenters. The lowest BCUT2D eigenvalue weighted by atomic mass is 10.0. The molecule has 2 saturated heterocycles. The number of nitrogens with zero attached hydrogens (tertiary/aromatic N) is 2. The Morgan fingerprint density at radius 1 is 1.00 bits per heavy atom. The van der Waals surface area contributed by atoms with Crippen LogP contribution in [0.25, 0.3) is 22.3 Å². The molecule has 3 atom stereocenters. The number of ether oxygens (including phenoxy) is 2. The third-order valence-corrected chi connectivity index (χ3v) is 14.5. The van der Waals surface area contributed by atoms with Gasteiger partial charge in [-0.05, 0) is 97.6 Å². The summed E-state index contributed by atoms with van der Waals surface area (Å²) in [6.07, 6.45) is 10.8. The predicted molar refractivity (Wildman–Crippen MR) is 248 cm³/mol. The number of thiazole rings is 1. The molecular formula is C42H67IN6O8S2. The van der Waals surface area contributed by atoms with Gasteiger partial charge >= 0.3 is 6.09 Å². The SMILES string of the molecule is CC(C)(C)OC(=O)N1CCC[C@H]1C(=O)N[C@]12C[C@H]1CCCCCCCCCC1(CC1)S(=O)(=O)NC2=O.COc1ccc2c(=O)cc(-c3csc(NC(C)C)n3)[nH]c2c1.I.[HH].[HH].[HH]. The van der Waals surface area contributed by atoms with Crippen molar-refractivity contribution in [1.82, 2.24) is 24.9 Å². The van der Waals surface area contributed by atoms with Crippen LogP contribution in [-0.2, 0) is 24.3 Å². The Labute approximate surface area is 373 Å². The van der Waals surface area contributed by atoms with Crippen molar-refractivity contribution >= 4 is 79.3 Å². The van der Waals surface area contributed by atoms with Gasteiger partial charge in [-0.15, -0.1) is 35.3 Å². The maximum atomic E-state index is 13.5. The number of anilines is 1. The molecule has 14 nitrogen and oxygen atoms in total. The lowest BCUT2D eigenvalue weighted by molar-refractivity contribution is -0.132. The fraction of sp³-hybridized carbons (Fsp3) is 0.643. The Morgan fingerprint density at radius 2 is 1.69 bits per heavy atom. The van der Waals surface area contributed by atoms with Crippen LogP contribution in [-0.4, -0.2) is 82.8 Å². The lowest BCUT2D eigenvalue weighted by Crippen LogP contribution is -2.57. The first-order valence-electron chi connectivity index (χ1n) is 20.8. The van der Waals surface area contributed by atoms with Crippen LogP contribution in [0.2, 0.25) is 0 Å². The number of halogens is 1. The Hall–Kier alpha value is -3.45. The van der Waals surface area contributed by atoms with Crippen LogP contribution in [0.5, 0.6) is 5.75 Å². The van der Waals surface area contributed by atoms with Crippen LogP contribution in [0.1, 0.15) is 129 Å². The molecular weight excluding hydrogens is 908 g/mol. The fourth-order valence-corrected chi connectivity index (χ4v) is 10.6. The Morgan fingerprint density at radius 3 is 2.36 bits per heavy atom. The van der Waals surface area contributed by atoms with Gasteiger partial charge in [0.2, 0.25) is 15.9 Å². The lowest BCUT2D eigenvalue weighted by Gasteiger charge is -2.29. The van der Waals surface area contributed by atoms with E-state index in [4.69, 9.17) is 9.47 Å². The monoisotopic (exact) mass is 974 g/mol. The Balaban J connectivity index is 0.000000441. The molecule has 17 heteroatoms. The van der Waals surface area contributed by atoms with Crippen molar-refractivity contribution in [3.05, 3.63) is 39.9 Å². The van der Waals surface area contributed by atoms with Crippen LogP contribution in [0.15, 0.2) is 34.4 Å². The zero-order chi connectivity index (χ0) is 41.9. The molecule has 2 aromatic heterocycles. The molecule has 3 aromatic rings. The number of pyridine rings is 1. The molecule has 0 bridgehead atoms. The van der Waals surface area contributed by atoms with Gasteiger partial charge in [0.25, 0.3) is 5.91 Å². The van der Waals surface area contributed by atoms with E-state index < -0.39 is 49.9 Å². The minimum Gasteiger partial charge on any atom is -0.497 e. The molecule has 1 aromatic carbocycles. The molecule has 4 aliphatic rings. The number of H-pyrrole nitrogens is 1. The smallest absolute Gasteiger partial charge is 0.410 e. The number of sulfonamides is 1. The zero-order valence-electron chi connectivity index (χ0n) is 35.1. The standard InChI is InChI=1S/C26H43N3O6S.C16H17N3O2S.HI.3H2/c1-24(2,3)35-23(32)29-17-11-13-20(29)21(30)27-26-18-19(26)12-9-7-5-4-6-8-10-14-25(15-16-25)36(33,34)28-22(26)31;1-9(2)17-16-19-14(8-22-16)13-7-15(20)11-5-4-10(21-3)6-12(11)18-13;;;;/h19-20H,4-18H2,1-3H3,(H,27,30)(H,28,31);4-9H,1-3H3,(H,17,19)(H,18,20);4*1H/t19-,20+,26-;;;;;/m1...../s1. The van der Waals surface area contributed by atoms with Gasteiger partial charge in [0.1, 0.15) is 22.9 Å². The van der Waals surface area contributed by atoms with E-state index >= 15 is 0 Å². The molecule has 1 spiro atoms.